The van der Waals surface area contributed by atoms with E-state index in [9.17, 15) is 0 Å². The summed E-state index contributed by atoms with van der Waals surface area (Å²) in [6.45, 7) is 0. The number of nitrogens with zero attached hydrogens (tertiary/aromatic N) is 1. The third-order valence-corrected chi connectivity index (χ3v) is 15.0. The van der Waals surface area contributed by atoms with Crippen molar-refractivity contribution < 1.29 is 4.42 Å². The van der Waals surface area contributed by atoms with Crippen LogP contribution in [0, 0.1) is 0 Å². The Morgan fingerprint density at radius 3 is 1.40 bits per heavy atom. The average molecular weight is 850 g/mol. The summed E-state index contributed by atoms with van der Waals surface area (Å²) < 4.78 is 6.72. The molecule has 2 aliphatic rings. The fourth-order valence-corrected chi connectivity index (χ4v) is 12.3. The van der Waals surface area contributed by atoms with Gasteiger partial charge >= 0.3 is 0 Å². The largest absolute Gasteiger partial charge is 0.455 e. The van der Waals surface area contributed by atoms with Gasteiger partial charge in [0.25, 0.3) is 0 Å². The van der Waals surface area contributed by atoms with Crippen LogP contribution in [0.5, 0.6) is 0 Å². The Morgan fingerprint density at radius 2 is 0.761 bits per heavy atom. The van der Waals surface area contributed by atoms with Crippen LogP contribution in [0.25, 0.3) is 98.4 Å². The molecule has 1 aromatic heterocycles. The van der Waals surface area contributed by atoms with Gasteiger partial charge in [-0.15, -0.1) is 0 Å². The van der Waals surface area contributed by atoms with Crippen molar-refractivity contribution in [2.75, 3.05) is 4.90 Å². The van der Waals surface area contributed by atoms with Crippen molar-refractivity contribution in [3.05, 3.63) is 259 Å². The van der Waals surface area contributed by atoms with E-state index in [1.54, 1.807) is 0 Å². The normalized spacial score (nSPS) is 13.2. The maximum absolute atomic E-state index is 6.72. The SMILES string of the molecule is c1ccc2c(c1)-c1ccccc1C21c2ccccc2-c2ccc(N(c3ccc(-c4cc5ccccc5c5c4oc4ccccc45)cc3)c3ccc4c5ccccc5c5ccccc5c4c3)cc21. The molecule has 0 bridgehead atoms. The smallest absolute Gasteiger partial charge is 0.143 e. The maximum Gasteiger partial charge on any atom is 0.143 e. The molecule has 2 aliphatic carbocycles. The van der Waals surface area contributed by atoms with Crippen LogP contribution in [0.15, 0.2) is 241 Å². The van der Waals surface area contributed by atoms with Crippen LogP contribution in [0.3, 0.4) is 0 Å². The minimum Gasteiger partial charge on any atom is -0.455 e. The first-order valence-corrected chi connectivity index (χ1v) is 23.2. The molecule has 1 spiro atoms. The maximum atomic E-state index is 6.72. The second-order valence-electron chi connectivity index (χ2n) is 18.3. The molecule has 0 fully saturated rings. The van der Waals surface area contributed by atoms with E-state index in [2.05, 4.69) is 241 Å². The molecule has 0 N–H and O–H groups in total. The van der Waals surface area contributed by atoms with Crippen molar-refractivity contribution in [1.82, 2.24) is 0 Å². The second kappa shape index (κ2) is 13.7. The van der Waals surface area contributed by atoms with E-state index < -0.39 is 5.41 Å². The predicted molar refractivity (Wildman–Crippen MR) is 280 cm³/mol. The van der Waals surface area contributed by atoms with Crippen molar-refractivity contribution in [3.63, 3.8) is 0 Å². The Labute approximate surface area is 387 Å². The van der Waals surface area contributed by atoms with E-state index in [0.717, 1.165) is 50.1 Å². The fourth-order valence-electron chi connectivity index (χ4n) is 12.3. The highest BCUT2D eigenvalue weighted by Crippen LogP contribution is 2.63. The van der Waals surface area contributed by atoms with Crippen LogP contribution in [-0.2, 0) is 5.41 Å². The van der Waals surface area contributed by atoms with E-state index in [4.69, 9.17) is 4.42 Å². The molecule has 2 nitrogen and oxygen atoms in total. The molecule has 67 heavy (non-hydrogen) atoms. The summed E-state index contributed by atoms with van der Waals surface area (Å²) in [6.07, 6.45) is 0. The second-order valence-corrected chi connectivity index (χ2v) is 18.3. The molecule has 0 saturated carbocycles. The van der Waals surface area contributed by atoms with Crippen molar-refractivity contribution in [2.45, 2.75) is 5.41 Å². The van der Waals surface area contributed by atoms with Gasteiger partial charge in [-0.3, -0.25) is 0 Å². The van der Waals surface area contributed by atoms with Gasteiger partial charge in [0.05, 0.1) is 5.41 Å². The quantitative estimate of drug-likeness (QED) is 0.164. The highest BCUT2D eigenvalue weighted by molar-refractivity contribution is 6.26. The lowest BCUT2D eigenvalue weighted by atomic mass is 9.70. The summed E-state index contributed by atoms with van der Waals surface area (Å²) in [5.41, 5.74) is 17.3. The topological polar surface area (TPSA) is 16.4 Å². The lowest BCUT2D eigenvalue weighted by molar-refractivity contribution is 0.670. The summed E-state index contributed by atoms with van der Waals surface area (Å²) >= 11 is 0. The number of anilines is 3. The van der Waals surface area contributed by atoms with Gasteiger partial charge in [0.2, 0.25) is 0 Å². The highest BCUT2D eigenvalue weighted by Gasteiger charge is 2.51. The molecule has 13 aromatic rings. The van der Waals surface area contributed by atoms with Crippen LogP contribution in [-0.4, -0.2) is 0 Å². The summed E-state index contributed by atoms with van der Waals surface area (Å²) in [6, 6.07) is 87.6. The summed E-state index contributed by atoms with van der Waals surface area (Å²) in [4.78, 5) is 2.47. The Bertz CT molecular complexity index is 4130. The zero-order valence-corrected chi connectivity index (χ0v) is 36.4. The average Bonchev–Trinajstić information content (AvgIpc) is 4.04. The van der Waals surface area contributed by atoms with Gasteiger partial charge in [0.1, 0.15) is 11.2 Å². The van der Waals surface area contributed by atoms with Crippen molar-refractivity contribution in [1.29, 1.82) is 0 Å². The van der Waals surface area contributed by atoms with Crippen LogP contribution in [0.1, 0.15) is 22.3 Å². The van der Waals surface area contributed by atoms with Crippen molar-refractivity contribution in [2.24, 2.45) is 0 Å². The van der Waals surface area contributed by atoms with Gasteiger partial charge in [-0.1, -0.05) is 188 Å². The Hall–Kier alpha value is -8.72. The van der Waals surface area contributed by atoms with E-state index in [1.165, 1.54) is 87.6 Å². The third kappa shape index (κ3) is 4.94. The van der Waals surface area contributed by atoms with Crippen molar-refractivity contribution >= 4 is 82.1 Å². The van der Waals surface area contributed by atoms with Crippen molar-refractivity contribution in [3.8, 4) is 33.4 Å². The molecule has 0 amide bonds. The zero-order chi connectivity index (χ0) is 43.8. The van der Waals surface area contributed by atoms with E-state index in [1.807, 2.05) is 0 Å². The molecule has 1 heterocycles. The van der Waals surface area contributed by atoms with E-state index in [-0.39, 0.29) is 0 Å². The molecular formula is C65H39NO. The van der Waals surface area contributed by atoms with E-state index in [0.29, 0.717) is 0 Å². The molecule has 0 radical (unpaired) electrons. The number of benzene rings is 12. The predicted octanol–water partition coefficient (Wildman–Crippen LogP) is 17.7. The number of para-hydroxylation sites is 1. The summed E-state index contributed by atoms with van der Waals surface area (Å²) in [5, 5.41) is 12.2. The molecule has 310 valence electrons. The molecule has 0 aliphatic heterocycles. The van der Waals surface area contributed by atoms with Crippen LogP contribution in [0.4, 0.5) is 17.1 Å². The fraction of sp³-hybridized carbons (Fsp3) is 0.0154. The van der Waals surface area contributed by atoms with Gasteiger partial charge < -0.3 is 9.32 Å². The Kier molecular flexibility index (Phi) is 7.46. The molecule has 0 unspecified atom stereocenters. The highest BCUT2D eigenvalue weighted by atomic mass is 16.3. The number of hydrogen-bond acceptors (Lipinski definition) is 2. The number of rotatable bonds is 4. The van der Waals surface area contributed by atoms with Gasteiger partial charge in [0, 0.05) is 33.4 Å². The first-order chi connectivity index (χ1) is 33.2. The number of furan rings is 1. The standard InChI is InChI=1S/C65H39NO/c1-2-16-45-41(15-1)37-56(64-63(45)55-24-10-14-28-62(55)67-64)40-29-31-42(32-30-40)66(43-33-35-50-48-19-4-3-17-46(48)47-18-5-6-20-49(47)57(50)38-43)44-34-36-54-53-23-9-13-27-60(53)65(61(54)39-44)58-25-11-7-21-51(58)52-22-8-12-26-59(52)65/h1-39H. The Morgan fingerprint density at radius 1 is 0.299 bits per heavy atom. The van der Waals surface area contributed by atoms with Gasteiger partial charge in [-0.2, -0.15) is 0 Å². The van der Waals surface area contributed by atoms with E-state index >= 15 is 0 Å². The molecule has 0 atom stereocenters. The third-order valence-electron chi connectivity index (χ3n) is 15.0. The molecular weight excluding hydrogens is 811 g/mol. The summed E-state index contributed by atoms with van der Waals surface area (Å²) in [5.74, 6) is 0. The first-order valence-electron chi connectivity index (χ1n) is 23.2. The lowest BCUT2D eigenvalue weighted by Crippen LogP contribution is -2.26. The lowest BCUT2D eigenvalue weighted by Gasteiger charge is -2.32. The number of hydrogen-bond donors (Lipinski definition) is 0. The minimum absolute atomic E-state index is 0.461. The first kappa shape index (κ1) is 36.6. The van der Waals surface area contributed by atoms with Crippen LogP contribution >= 0.6 is 0 Å². The monoisotopic (exact) mass is 849 g/mol. The molecule has 2 heteroatoms. The summed E-state index contributed by atoms with van der Waals surface area (Å²) in [7, 11) is 0. The zero-order valence-electron chi connectivity index (χ0n) is 36.4. The van der Waals surface area contributed by atoms with Crippen LogP contribution in [0.2, 0.25) is 0 Å². The Balaban J connectivity index is 0.979. The van der Waals surface area contributed by atoms with Gasteiger partial charge in [-0.25, -0.2) is 0 Å². The van der Waals surface area contributed by atoms with Crippen LogP contribution < -0.4 is 4.90 Å². The minimum atomic E-state index is -0.461. The molecule has 0 saturated heterocycles. The molecule has 12 aromatic carbocycles. The van der Waals surface area contributed by atoms with Gasteiger partial charge in [0.15, 0.2) is 0 Å². The van der Waals surface area contributed by atoms with Gasteiger partial charge in [-0.05, 0) is 142 Å². The number of fused-ring (bicyclic) bond motifs is 21. The molecule has 15 rings (SSSR count).